The Balaban J connectivity index is 2.40. The van der Waals surface area contributed by atoms with Gasteiger partial charge in [0.15, 0.2) is 0 Å². The largest absolute Gasteiger partial charge is 0.256 e. The van der Waals surface area contributed by atoms with E-state index in [4.69, 9.17) is 0 Å². The van der Waals surface area contributed by atoms with Crippen LogP contribution < -0.4 is 0 Å². The molecule has 0 unspecified atom stereocenters. The number of hydrogen-bond donors (Lipinski definition) is 0. The number of benzene rings is 1. The molecule has 76 valence electrons. The van der Waals surface area contributed by atoms with Crippen molar-refractivity contribution in [2.45, 2.75) is 13.6 Å². The molecule has 2 heteroatoms. The van der Waals surface area contributed by atoms with Crippen LogP contribution in [0.3, 0.4) is 0 Å². The monoisotopic (exact) mass is 201 g/mol. The molecule has 1 nitrogen and oxygen atoms in total. The minimum absolute atomic E-state index is 0.443. The molecule has 0 aliphatic carbocycles. The fourth-order valence-corrected chi connectivity index (χ4v) is 1.44. The molecule has 0 saturated heterocycles. The molecule has 2 rings (SSSR count). The second kappa shape index (κ2) is 4.22. The molecule has 2 aromatic rings. The fourth-order valence-electron chi connectivity index (χ4n) is 1.44. The highest BCUT2D eigenvalue weighted by atomic mass is 19.1. The summed E-state index contributed by atoms with van der Waals surface area (Å²) in [5.41, 5.74) is 3.72. The SMILES string of the molecule is Cc1ccc(-c2cc(CF)ccn2)cc1. The molecule has 0 aliphatic heterocycles. The van der Waals surface area contributed by atoms with E-state index >= 15 is 0 Å². The molecule has 1 heterocycles. The molecule has 0 saturated carbocycles. The van der Waals surface area contributed by atoms with Crippen LogP contribution >= 0.6 is 0 Å². The Kier molecular flexibility index (Phi) is 2.77. The Morgan fingerprint density at radius 3 is 2.53 bits per heavy atom. The summed E-state index contributed by atoms with van der Waals surface area (Å²) >= 11 is 0. The average Bonchev–Trinajstić information content (AvgIpc) is 2.30. The van der Waals surface area contributed by atoms with Crippen LogP contribution in [0.15, 0.2) is 42.6 Å². The van der Waals surface area contributed by atoms with Gasteiger partial charge in [0, 0.05) is 11.8 Å². The van der Waals surface area contributed by atoms with E-state index in [1.807, 2.05) is 31.2 Å². The normalized spacial score (nSPS) is 10.3. The number of alkyl halides is 1. The molecular weight excluding hydrogens is 189 g/mol. The van der Waals surface area contributed by atoms with Gasteiger partial charge in [0.2, 0.25) is 0 Å². The summed E-state index contributed by atoms with van der Waals surface area (Å²) in [6.45, 7) is 1.59. The zero-order chi connectivity index (χ0) is 10.7. The lowest BCUT2D eigenvalue weighted by Gasteiger charge is -2.02. The second-order valence-corrected chi connectivity index (χ2v) is 3.55. The van der Waals surface area contributed by atoms with E-state index in [1.165, 1.54) is 5.56 Å². The summed E-state index contributed by atoms with van der Waals surface area (Å²) in [5.74, 6) is 0. The quantitative estimate of drug-likeness (QED) is 0.724. The Morgan fingerprint density at radius 2 is 1.87 bits per heavy atom. The summed E-state index contributed by atoms with van der Waals surface area (Å²) in [5, 5.41) is 0. The van der Waals surface area contributed by atoms with E-state index in [0.29, 0.717) is 5.56 Å². The first-order chi connectivity index (χ1) is 7.29. The zero-order valence-corrected chi connectivity index (χ0v) is 8.57. The molecule has 0 aliphatic rings. The van der Waals surface area contributed by atoms with Gasteiger partial charge in [0.1, 0.15) is 6.67 Å². The molecule has 0 atom stereocenters. The van der Waals surface area contributed by atoms with Gasteiger partial charge in [-0.3, -0.25) is 4.98 Å². The highest BCUT2D eigenvalue weighted by Crippen LogP contribution is 2.18. The molecule has 0 spiro atoms. The predicted molar refractivity (Wildman–Crippen MR) is 59.2 cm³/mol. The molecule has 0 radical (unpaired) electrons. The van der Waals surface area contributed by atoms with Crippen molar-refractivity contribution in [3.63, 3.8) is 0 Å². The number of pyridine rings is 1. The number of halogens is 1. The van der Waals surface area contributed by atoms with Crippen LogP contribution in [0.2, 0.25) is 0 Å². The maximum absolute atomic E-state index is 12.5. The number of hydrogen-bond acceptors (Lipinski definition) is 1. The molecule has 1 aromatic heterocycles. The van der Waals surface area contributed by atoms with Crippen molar-refractivity contribution in [2.75, 3.05) is 0 Å². The molecule has 0 N–H and O–H groups in total. The van der Waals surface area contributed by atoms with Crippen LogP contribution in [0.5, 0.6) is 0 Å². The third-order valence-corrected chi connectivity index (χ3v) is 2.33. The minimum atomic E-state index is -0.443. The summed E-state index contributed by atoms with van der Waals surface area (Å²) in [6, 6.07) is 11.5. The van der Waals surface area contributed by atoms with Crippen molar-refractivity contribution >= 4 is 0 Å². The van der Waals surface area contributed by atoms with E-state index in [1.54, 1.807) is 18.3 Å². The highest BCUT2D eigenvalue weighted by Gasteiger charge is 1.99. The smallest absolute Gasteiger partial charge is 0.115 e. The summed E-state index contributed by atoms with van der Waals surface area (Å²) in [6.07, 6.45) is 1.64. The second-order valence-electron chi connectivity index (χ2n) is 3.55. The van der Waals surface area contributed by atoms with Crippen LogP contribution in [-0.4, -0.2) is 4.98 Å². The maximum atomic E-state index is 12.5. The van der Waals surface area contributed by atoms with Gasteiger partial charge in [-0.1, -0.05) is 29.8 Å². The number of rotatable bonds is 2. The van der Waals surface area contributed by atoms with Gasteiger partial charge in [-0.25, -0.2) is 4.39 Å². The Labute approximate surface area is 88.6 Å². The van der Waals surface area contributed by atoms with Crippen LogP contribution in [0.25, 0.3) is 11.3 Å². The minimum Gasteiger partial charge on any atom is -0.256 e. The van der Waals surface area contributed by atoms with E-state index in [9.17, 15) is 4.39 Å². The van der Waals surface area contributed by atoms with Crippen LogP contribution in [-0.2, 0) is 6.67 Å². The Morgan fingerprint density at radius 1 is 1.13 bits per heavy atom. The molecular formula is C13H12FN. The fraction of sp³-hybridized carbons (Fsp3) is 0.154. The Hall–Kier alpha value is -1.70. The van der Waals surface area contributed by atoms with E-state index in [0.717, 1.165) is 11.3 Å². The van der Waals surface area contributed by atoms with Crippen molar-refractivity contribution < 1.29 is 4.39 Å². The number of nitrogens with zero attached hydrogens (tertiary/aromatic N) is 1. The topological polar surface area (TPSA) is 12.9 Å². The molecule has 0 bridgehead atoms. The number of aryl methyl sites for hydroxylation is 1. The zero-order valence-electron chi connectivity index (χ0n) is 8.57. The highest BCUT2D eigenvalue weighted by molar-refractivity contribution is 5.59. The van der Waals surface area contributed by atoms with E-state index in [-0.39, 0.29) is 0 Å². The first kappa shape index (κ1) is 9.84. The average molecular weight is 201 g/mol. The third-order valence-electron chi connectivity index (χ3n) is 2.33. The first-order valence-corrected chi connectivity index (χ1v) is 4.87. The van der Waals surface area contributed by atoms with E-state index < -0.39 is 6.67 Å². The maximum Gasteiger partial charge on any atom is 0.115 e. The van der Waals surface area contributed by atoms with Crippen LogP contribution in [0, 0.1) is 6.92 Å². The van der Waals surface area contributed by atoms with Gasteiger partial charge in [0.25, 0.3) is 0 Å². The van der Waals surface area contributed by atoms with Crippen molar-refractivity contribution in [2.24, 2.45) is 0 Å². The van der Waals surface area contributed by atoms with Gasteiger partial charge in [-0.05, 0) is 24.6 Å². The standard InChI is InChI=1S/C13H12FN/c1-10-2-4-12(5-3-10)13-8-11(9-14)6-7-15-13/h2-8H,9H2,1H3. The Bertz CT molecular complexity index is 448. The molecule has 0 fully saturated rings. The first-order valence-electron chi connectivity index (χ1n) is 4.87. The van der Waals surface area contributed by atoms with Crippen LogP contribution in [0.1, 0.15) is 11.1 Å². The van der Waals surface area contributed by atoms with E-state index in [2.05, 4.69) is 4.98 Å². The van der Waals surface area contributed by atoms with Crippen LogP contribution in [0.4, 0.5) is 4.39 Å². The molecule has 1 aromatic carbocycles. The summed E-state index contributed by atoms with van der Waals surface area (Å²) in [7, 11) is 0. The van der Waals surface area contributed by atoms with Gasteiger partial charge >= 0.3 is 0 Å². The van der Waals surface area contributed by atoms with Crippen molar-refractivity contribution in [3.05, 3.63) is 53.7 Å². The van der Waals surface area contributed by atoms with Gasteiger partial charge in [0.05, 0.1) is 5.69 Å². The summed E-state index contributed by atoms with van der Waals surface area (Å²) < 4.78 is 12.5. The number of aromatic nitrogens is 1. The summed E-state index contributed by atoms with van der Waals surface area (Å²) in [4.78, 5) is 4.22. The molecule has 0 amide bonds. The van der Waals surface area contributed by atoms with Gasteiger partial charge < -0.3 is 0 Å². The molecule has 15 heavy (non-hydrogen) atoms. The lowest BCUT2D eigenvalue weighted by atomic mass is 10.1. The van der Waals surface area contributed by atoms with Crippen molar-refractivity contribution in [1.82, 2.24) is 4.98 Å². The van der Waals surface area contributed by atoms with Gasteiger partial charge in [-0.2, -0.15) is 0 Å². The third kappa shape index (κ3) is 2.21. The lowest BCUT2D eigenvalue weighted by molar-refractivity contribution is 0.485. The van der Waals surface area contributed by atoms with Gasteiger partial charge in [-0.15, -0.1) is 0 Å². The lowest BCUT2D eigenvalue weighted by Crippen LogP contribution is -1.86. The van der Waals surface area contributed by atoms with Crippen molar-refractivity contribution in [3.8, 4) is 11.3 Å². The van der Waals surface area contributed by atoms with Crippen molar-refractivity contribution in [1.29, 1.82) is 0 Å². The predicted octanol–water partition coefficient (Wildman–Crippen LogP) is 3.53.